The molecule has 1 N–H and O–H groups in total. The van der Waals surface area contributed by atoms with E-state index in [0.29, 0.717) is 18.3 Å². The van der Waals surface area contributed by atoms with Gasteiger partial charge in [0, 0.05) is 23.8 Å². The van der Waals surface area contributed by atoms with Crippen LogP contribution < -0.4 is 5.32 Å². The SMILES string of the molecule is C[C@H]1CC[C@H]2[C@H](C1)O[C@H](c1ccc(F)c(Cl)c1)C[C@]2(C)NC(=O)C1CCCCC1. The molecular formula is C24H33ClFNO2. The average Bonchev–Trinajstić information content (AvgIpc) is 2.70. The van der Waals surface area contributed by atoms with E-state index in [4.69, 9.17) is 16.3 Å². The number of nitrogens with one attached hydrogen (secondary N) is 1. The van der Waals surface area contributed by atoms with Gasteiger partial charge in [-0.2, -0.15) is 0 Å². The number of fused-ring (bicyclic) bond motifs is 1. The van der Waals surface area contributed by atoms with E-state index in [2.05, 4.69) is 19.2 Å². The van der Waals surface area contributed by atoms with Crippen LogP contribution in [-0.4, -0.2) is 17.6 Å². The first-order valence-corrected chi connectivity index (χ1v) is 11.7. The Bertz CT molecular complexity index is 750. The van der Waals surface area contributed by atoms with E-state index >= 15 is 0 Å². The predicted octanol–water partition coefficient (Wildman–Crippen LogP) is 6.20. The van der Waals surface area contributed by atoms with Crippen LogP contribution >= 0.6 is 11.6 Å². The predicted molar refractivity (Wildman–Crippen MR) is 113 cm³/mol. The number of hydrogen-bond donors (Lipinski definition) is 1. The first kappa shape index (κ1) is 21.1. The fourth-order valence-electron chi connectivity index (χ4n) is 5.80. The lowest BCUT2D eigenvalue weighted by Gasteiger charge is -2.52. The minimum Gasteiger partial charge on any atom is -0.370 e. The molecule has 0 radical (unpaired) electrons. The van der Waals surface area contributed by atoms with Gasteiger partial charge >= 0.3 is 0 Å². The summed E-state index contributed by atoms with van der Waals surface area (Å²) < 4.78 is 20.2. The van der Waals surface area contributed by atoms with Gasteiger partial charge in [0.05, 0.1) is 17.2 Å². The summed E-state index contributed by atoms with van der Waals surface area (Å²) in [6.45, 7) is 4.47. The summed E-state index contributed by atoms with van der Waals surface area (Å²) in [5.41, 5.74) is 0.578. The van der Waals surface area contributed by atoms with Crippen molar-refractivity contribution in [2.24, 2.45) is 17.8 Å². The molecule has 5 atom stereocenters. The van der Waals surface area contributed by atoms with E-state index in [9.17, 15) is 9.18 Å². The van der Waals surface area contributed by atoms with E-state index in [0.717, 1.165) is 44.1 Å². The molecule has 3 nitrogen and oxygen atoms in total. The zero-order chi connectivity index (χ0) is 20.6. The number of carbonyl (C=O) groups is 1. The second-order valence-electron chi connectivity index (χ2n) is 9.81. The van der Waals surface area contributed by atoms with Crippen LogP contribution in [0.3, 0.4) is 0 Å². The lowest BCUT2D eigenvalue weighted by molar-refractivity contribution is -0.155. The highest BCUT2D eigenvalue weighted by Crippen LogP contribution is 2.48. The normalized spacial score (nSPS) is 35.7. The molecule has 1 aliphatic heterocycles. The second-order valence-corrected chi connectivity index (χ2v) is 10.2. The Labute approximate surface area is 178 Å². The minimum atomic E-state index is -0.413. The second kappa shape index (κ2) is 8.55. The molecule has 1 heterocycles. The van der Waals surface area contributed by atoms with Crippen molar-refractivity contribution in [3.63, 3.8) is 0 Å². The van der Waals surface area contributed by atoms with Crippen LogP contribution in [0.15, 0.2) is 18.2 Å². The lowest BCUT2D eigenvalue weighted by atomic mass is 9.66. The first-order valence-electron chi connectivity index (χ1n) is 11.3. The highest BCUT2D eigenvalue weighted by Gasteiger charge is 2.50. The molecule has 160 valence electrons. The summed E-state index contributed by atoms with van der Waals surface area (Å²) in [7, 11) is 0. The molecule has 0 unspecified atom stereocenters. The fourth-order valence-corrected chi connectivity index (χ4v) is 5.99. The van der Waals surface area contributed by atoms with Crippen molar-refractivity contribution < 1.29 is 13.9 Å². The van der Waals surface area contributed by atoms with Crippen LogP contribution in [0.2, 0.25) is 5.02 Å². The van der Waals surface area contributed by atoms with Gasteiger partial charge in [0.2, 0.25) is 5.91 Å². The molecule has 0 spiro atoms. The Morgan fingerprint density at radius 1 is 1.21 bits per heavy atom. The van der Waals surface area contributed by atoms with Crippen LogP contribution in [0, 0.1) is 23.6 Å². The van der Waals surface area contributed by atoms with Crippen LogP contribution in [0.1, 0.15) is 83.3 Å². The molecule has 3 fully saturated rings. The van der Waals surface area contributed by atoms with Gasteiger partial charge in [0.1, 0.15) is 5.82 Å². The number of carbonyl (C=O) groups excluding carboxylic acids is 1. The fraction of sp³-hybridized carbons (Fsp3) is 0.708. The van der Waals surface area contributed by atoms with Gasteiger partial charge in [0.25, 0.3) is 0 Å². The summed E-state index contributed by atoms with van der Waals surface area (Å²) in [6.07, 6.45) is 9.42. The van der Waals surface area contributed by atoms with Gasteiger partial charge < -0.3 is 10.1 Å². The Kier molecular flexibility index (Phi) is 6.22. The van der Waals surface area contributed by atoms with Gasteiger partial charge in [-0.15, -0.1) is 0 Å². The highest BCUT2D eigenvalue weighted by atomic mass is 35.5. The Balaban J connectivity index is 1.58. The van der Waals surface area contributed by atoms with E-state index in [1.165, 1.54) is 18.9 Å². The maximum atomic E-state index is 13.7. The summed E-state index contributed by atoms with van der Waals surface area (Å²) in [5.74, 6) is 0.873. The van der Waals surface area contributed by atoms with Crippen LogP contribution in [0.4, 0.5) is 4.39 Å². The maximum Gasteiger partial charge on any atom is 0.223 e. The van der Waals surface area contributed by atoms with Crippen LogP contribution in [0.25, 0.3) is 0 Å². The Hall–Kier alpha value is -1.13. The minimum absolute atomic E-state index is 0.109. The van der Waals surface area contributed by atoms with Crippen molar-refractivity contribution in [2.75, 3.05) is 0 Å². The van der Waals surface area contributed by atoms with E-state index in [-0.39, 0.29) is 34.6 Å². The number of halogens is 2. The number of benzene rings is 1. The van der Waals surface area contributed by atoms with E-state index in [1.54, 1.807) is 12.1 Å². The molecule has 1 saturated heterocycles. The Morgan fingerprint density at radius 3 is 2.69 bits per heavy atom. The van der Waals surface area contributed by atoms with Gasteiger partial charge in [-0.25, -0.2) is 4.39 Å². The maximum absolute atomic E-state index is 13.7. The van der Waals surface area contributed by atoms with Gasteiger partial charge in [0.15, 0.2) is 0 Å². The number of ether oxygens (including phenoxy) is 1. The zero-order valence-corrected chi connectivity index (χ0v) is 18.3. The van der Waals surface area contributed by atoms with Crippen molar-refractivity contribution in [2.45, 2.75) is 89.4 Å². The van der Waals surface area contributed by atoms with Gasteiger partial charge in [-0.05, 0) is 56.2 Å². The first-order chi connectivity index (χ1) is 13.9. The number of hydrogen-bond acceptors (Lipinski definition) is 2. The van der Waals surface area contributed by atoms with Crippen molar-refractivity contribution in [1.29, 1.82) is 0 Å². The molecule has 2 saturated carbocycles. The van der Waals surface area contributed by atoms with Crippen LogP contribution in [0.5, 0.6) is 0 Å². The molecule has 1 aromatic carbocycles. The number of amides is 1. The quantitative estimate of drug-likeness (QED) is 0.630. The molecule has 5 heteroatoms. The summed E-state index contributed by atoms with van der Waals surface area (Å²) >= 11 is 6.05. The lowest BCUT2D eigenvalue weighted by Crippen LogP contribution is -2.61. The smallest absolute Gasteiger partial charge is 0.223 e. The molecule has 1 amide bonds. The molecule has 4 rings (SSSR count). The van der Waals surface area contributed by atoms with Crippen molar-refractivity contribution in [1.82, 2.24) is 5.32 Å². The van der Waals surface area contributed by atoms with E-state index < -0.39 is 5.82 Å². The molecular weight excluding hydrogens is 389 g/mol. The largest absolute Gasteiger partial charge is 0.370 e. The number of rotatable bonds is 3. The average molecular weight is 422 g/mol. The van der Waals surface area contributed by atoms with Crippen molar-refractivity contribution in [3.05, 3.63) is 34.6 Å². The summed E-state index contributed by atoms with van der Waals surface area (Å²) in [6, 6.07) is 4.86. The molecule has 3 aliphatic rings. The topological polar surface area (TPSA) is 38.3 Å². The van der Waals surface area contributed by atoms with Gasteiger partial charge in [-0.3, -0.25) is 4.79 Å². The summed E-state index contributed by atoms with van der Waals surface area (Å²) in [4.78, 5) is 13.1. The van der Waals surface area contributed by atoms with Crippen molar-refractivity contribution >= 4 is 17.5 Å². The van der Waals surface area contributed by atoms with E-state index in [1.807, 2.05) is 0 Å². The third-order valence-electron chi connectivity index (χ3n) is 7.52. The summed E-state index contributed by atoms with van der Waals surface area (Å²) in [5, 5.41) is 3.60. The zero-order valence-electron chi connectivity index (χ0n) is 17.6. The van der Waals surface area contributed by atoms with Crippen molar-refractivity contribution in [3.8, 4) is 0 Å². The standard InChI is InChI=1S/C24H33ClFNO2/c1-15-8-10-18-21(12-15)29-22(17-9-11-20(26)19(25)13-17)14-24(18,2)27-23(28)16-6-4-3-5-7-16/h9,11,13,15-16,18,21-22H,3-8,10,12,14H2,1-2H3,(H,27,28)/t15-,18-,21-,22-,24-/m0/s1. The van der Waals surface area contributed by atoms with Gasteiger partial charge in [-0.1, -0.05) is 50.3 Å². The molecule has 1 aromatic rings. The molecule has 0 bridgehead atoms. The van der Waals surface area contributed by atoms with Crippen LogP contribution in [-0.2, 0) is 9.53 Å². The Morgan fingerprint density at radius 2 is 1.97 bits per heavy atom. The third kappa shape index (κ3) is 4.49. The monoisotopic (exact) mass is 421 g/mol. The molecule has 0 aromatic heterocycles. The highest BCUT2D eigenvalue weighted by molar-refractivity contribution is 6.30. The molecule has 2 aliphatic carbocycles. The third-order valence-corrected chi connectivity index (χ3v) is 7.81. The molecule has 29 heavy (non-hydrogen) atoms.